The molecule has 1 fully saturated rings. The van der Waals surface area contributed by atoms with E-state index < -0.39 is 11.0 Å². The van der Waals surface area contributed by atoms with Gasteiger partial charge in [-0.3, -0.25) is 9.52 Å². The van der Waals surface area contributed by atoms with Crippen molar-refractivity contribution in [1.82, 2.24) is 24.4 Å². The minimum Gasteiger partial charge on any atom is -0.354 e. The Kier molecular flexibility index (Phi) is 4.10. The fraction of sp³-hybridized carbons (Fsp3) is 0.312. The van der Waals surface area contributed by atoms with Crippen LogP contribution in [0.3, 0.4) is 0 Å². The maximum atomic E-state index is 11.8. The van der Waals surface area contributed by atoms with Crippen molar-refractivity contribution in [2.75, 3.05) is 38.1 Å². The van der Waals surface area contributed by atoms with Gasteiger partial charge < -0.3 is 9.80 Å². The standard InChI is InChI=1S/C16H18N6O2S/c1-20-4-6-21(7-5-20)14-8-12(2-3-17-14)13-10-18-22(11-13)16-9-15(23)19-25(16)24/h2-3,8-11H,4-7H2,1H3,(H,19,23). The van der Waals surface area contributed by atoms with E-state index in [1.54, 1.807) is 18.6 Å². The third kappa shape index (κ3) is 3.20. The monoisotopic (exact) mass is 358 g/mol. The van der Waals surface area contributed by atoms with Gasteiger partial charge in [-0.2, -0.15) is 5.10 Å². The van der Waals surface area contributed by atoms with E-state index in [9.17, 15) is 9.00 Å². The number of piperazine rings is 1. The Hall–Kier alpha value is -2.52. The largest absolute Gasteiger partial charge is 0.354 e. The Balaban J connectivity index is 1.59. The molecule has 0 radical (unpaired) electrons. The number of carbonyl (C=O) groups excluding carboxylic acids is 1. The third-order valence-corrected chi connectivity index (χ3v) is 5.42. The lowest BCUT2D eigenvalue weighted by molar-refractivity contribution is -0.114. The zero-order valence-electron chi connectivity index (χ0n) is 13.8. The molecule has 0 aromatic carbocycles. The molecule has 2 aliphatic rings. The van der Waals surface area contributed by atoms with Crippen LogP contribution in [-0.2, 0) is 15.8 Å². The molecule has 2 aliphatic heterocycles. The van der Waals surface area contributed by atoms with Crippen LogP contribution < -0.4 is 9.62 Å². The van der Waals surface area contributed by atoms with Crippen LogP contribution in [0.5, 0.6) is 0 Å². The lowest BCUT2D eigenvalue weighted by atomic mass is 10.1. The summed E-state index contributed by atoms with van der Waals surface area (Å²) in [5, 5.41) is 4.57. The SMILES string of the molecule is CN1CCN(c2cc(-c3cnn(C4=CC(=O)NS4=O)c3)ccn2)CC1. The van der Waals surface area contributed by atoms with E-state index in [1.807, 2.05) is 12.1 Å². The van der Waals surface area contributed by atoms with Crippen LogP contribution in [0.4, 0.5) is 5.82 Å². The van der Waals surface area contributed by atoms with Crippen LogP contribution in [0, 0.1) is 0 Å². The Labute approximate surface area is 147 Å². The average Bonchev–Trinajstić information content (AvgIpc) is 3.22. The number of hydrogen-bond acceptors (Lipinski definition) is 6. The summed E-state index contributed by atoms with van der Waals surface area (Å²) in [6.45, 7) is 3.94. The van der Waals surface area contributed by atoms with E-state index in [0.717, 1.165) is 43.1 Å². The first-order chi connectivity index (χ1) is 12.1. The molecule has 25 heavy (non-hydrogen) atoms. The quantitative estimate of drug-likeness (QED) is 0.849. The Morgan fingerprint density at radius 1 is 1.20 bits per heavy atom. The first kappa shape index (κ1) is 16.0. The minimum atomic E-state index is -1.56. The molecule has 0 spiro atoms. The molecule has 1 N–H and O–H groups in total. The molecule has 8 nitrogen and oxygen atoms in total. The van der Waals surface area contributed by atoms with Gasteiger partial charge in [0.15, 0.2) is 16.0 Å². The summed E-state index contributed by atoms with van der Waals surface area (Å²) in [7, 11) is 0.562. The van der Waals surface area contributed by atoms with Gasteiger partial charge in [0.05, 0.1) is 6.20 Å². The fourth-order valence-electron chi connectivity index (χ4n) is 2.89. The number of nitrogens with zero attached hydrogens (tertiary/aromatic N) is 5. The number of pyridine rings is 1. The van der Waals surface area contributed by atoms with Gasteiger partial charge in [0.1, 0.15) is 5.82 Å². The second-order valence-corrected chi connectivity index (χ2v) is 7.24. The molecule has 2 aromatic heterocycles. The molecule has 0 bridgehead atoms. The average molecular weight is 358 g/mol. The molecule has 1 atom stereocenters. The first-order valence-electron chi connectivity index (χ1n) is 7.99. The normalized spacial score (nSPS) is 21.3. The number of likely N-dealkylation sites (N-methyl/N-ethyl adjacent to an activating group) is 1. The molecule has 0 saturated carbocycles. The number of rotatable bonds is 3. The lowest BCUT2D eigenvalue weighted by Crippen LogP contribution is -2.44. The molecular weight excluding hydrogens is 340 g/mol. The van der Waals surface area contributed by atoms with Crippen LogP contribution in [0.15, 0.2) is 36.8 Å². The van der Waals surface area contributed by atoms with Crippen LogP contribution in [0.25, 0.3) is 16.2 Å². The minimum absolute atomic E-state index is 0.338. The van der Waals surface area contributed by atoms with E-state index >= 15 is 0 Å². The van der Waals surface area contributed by atoms with Gasteiger partial charge >= 0.3 is 0 Å². The summed E-state index contributed by atoms with van der Waals surface area (Å²) < 4.78 is 15.6. The molecule has 4 rings (SSSR count). The Bertz CT molecular complexity index is 869. The van der Waals surface area contributed by atoms with Crippen molar-refractivity contribution in [2.24, 2.45) is 0 Å². The molecule has 1 saturated heterocycles. The van der Waals surface area contributed by atoms with Gasteiger partial charge in [0, 0.05) is 50.2 Å². The number of anilines is 1. The Morgan fingerprint density at radius 3 is 2.72 bits per heavy atom. The van der Waals surface area contributed by atoms with Gasteiger partial charge in [-0.1, -0.05) is 0 Å². The number of amides is 1. The second-order valence-electron chi connectivity index (χ2n) is 6.08. The van der Waals surface area contributed by atoms with Crippen molar-refractivity contribution >= 4 is 27.7 Å². The Morgan fingerprint density at radius 2 is 2.00 bits per heavy atom. The van der Waals surface area contributed by atoms with Crippen molar-refractivity contribution < 1.29 is 9.00 Å². The fourth-order valence-corrected chi connectivity index (χ4v) is 3.72. The summed E-state index contributed by atoms with van der Waals surface area (Å²) in [5.74, 6) is 0.575. The van der Waals surface area contributed by atoms with E-state index in [1.165, 1.54) is 10.8 Å². The molecule has 0 aliphatic carbocycles. The van der Waals surface area contributed by atoms with Crippen LogP contribution in [-0.4, -0.2) is 63.0 Å². The highest BCUT2D eigenvalue weighted by molar-refractivity contribution is 7.93. The van der Waals surface area contributed by atoms with E-state index in [0.29, 0.717) is 5.03 Å². The van der Waals surface area contributed by atoms with Crippen molar-refractivity contribution in [3.8, 4) is 11.1 Å². The highest BCUT2D eigenvalue weighted by Crippen LogP contribution is 2.25. The lowest BCUT2D eigenvalue weighted by Gasteiger charge is -2.33. The first-order valence-corrected chi connectivity index (χ1v) is 9.14. The maximum absolute atomic E-state index is 11.8. The number of nitrogens with one attached hydrogen (secondary N) is 1. The number of carbonyl (C=O) groups is 1. The van der Waals surface area contributed by atoms with Gasteiger partial charge in [-0.15, -0.1) is 0 Å². The van der Waals surface area contributed by atoms with E-state index in [2.05, 4.69) is 31.7 Å². The zero-order chi connectivity index (χ0) is 17.4. The predicted molar refractivity (Wildman–Crippen MR) is 95.7 cm³/mol. The maximum Gasteiger partial charge on any atom is 0.258 e. The van der Waals surface area contributed by atoms with Gasteiger partial charge in [0.25, 0.3) is 5.91 Å². The summed E-state index contributed by atoms with van der Waals surface area (Å²) in [6.07, 6.45) is 6.56. The highest BCUT2D eigenvalue weighted by atomic mass is 32.2. The van der Waals surface area contributed by atoms with Crippen molar-refractivity contribution in [1.29, 1.82) is 0 Å². The van der Waals surface area contributed by atoms with E-state index in [4.69, 9.17) is 0 Å². The third-order valence-electron chi connectivity index (χ3n) is 4.35. The molecule has 1 amide bonds. The molecule has 4 heterocycles. The smallest absolute Gasteiger partial charge is 0.258 e. The number of hydrogen-bond donors (Lipinski definition) is 1. The van der Waals surface area contributed by atoms with Crippen molar-refractivity contribution in [3.05, 3.63) is 36.8 Å². The zero-order valence-corrected chi connectivity index (χ0v) is 14.6. The van der Waals surface area contributed by atoms with Gasteiger partial charge in [-0.25, -0.2) is 13.9 Å². The summed E-state index contributed by atoms with van der Waals surface area (Å²) in [4.78, 5) is 20.4. The topological polar surface area (TPSA) is 83.4 Å². The highest BCUT2D eigenvalue weighted by Gasteiger charge is 2.22. The van der Waals surface area contributed by atoms with Crippen LogP contribution >= 0.6 is 0 Å². The van der Waals surface area contributed by atoms with Gasteiger partial charge in [0.2, 0.25) is 0 Å². The van der Waals surface area contributed by atoms with Gasteiger partial charge in [-0.05, 0) is 24.7 Å². The van der Waals surface area contributed by atoms with Crippen LogP contribution in [0.1, 0.15) is 0 Å². The van der Waals surface area contributed by atoms with E-state index in [-0.39, 0.29) is 5.91 Å². The molecule has 2 aromatic rings. The molecular formula is C16H18N6O2S. The van der Waals surface area contributed by atoms with Crippen LogP contribution in [0.2, 0.25) is 0 Å². The molecule has 1 unspecified atom stereocenters. The van der Waals surface area contributed by atoms with Crippen molar-refractivity contribution in [3.63, 3.8) is 0 Å². The summed E-state index contributed by atoms with van der Waals surface area (Å²) in [5.41, 5.74) is 1.87. The predicted octanol–water partition coefficient (Wildman–Crippen LogP) is 0.289. The summed E-state index contributed by atoms with van der Waals surface area (Å²) >= 11 is 0. The second kappa shape index (κ2) is 6.41. The molecule has 130 valence electrons. The van der Waals surface area contributed by atoms with Crippen molar-refractivity contribution in [2.45, 2.75) is 0 Å². The number of aromatic nitrogens is 3. The summed E-state index contributed by atoms with van der Waals surface area (Å²) in [6, 6.07) is 3.96. The molecule has 9 heteroatoms.